The van der Waals surface area contributed by atoms with Crippen LogP contribution in [-0.4, -0.2) is 21.6 Å². The van der Waals surface area contributed by atoms with E-state index in [1.807, 2.05) is 18.2 Å². The molecule has 1 N–H and O–H groups in total. The molecule has 0 aliphatic heterocycles. The maximum absolute atomic E-state index is 12.0. The first-order valence-electron chi connectivity index (χ1n) is 7.47. The van der Waals surface area contributed by atoms with E-state index in [9.17, 15) is 4.79 Å². The quantitative estimate of drug-likeness (QED) is 0.909. The van der Waals surface area contributed by atoms with Gasteiger partial charge in [-0.3, -0.25) is 9.78 Å². The second-order valence-electron chi connectivity index (χ2n) is 5.60. The Hall–Kier alpha value is -1.40. The molecule has 116 valence electrons. The van der Waals surface area contributed by atoms with Gasteiger partial charge < -0.3 is 5.32 Å². The van der Waals surface area contributed by atoms with Crippen LogP contribution in [0.25, 0.3) is 0 Å². The molecule has 0 saturated heterocycles. The van der Waals surface area contributed by atoms with Gasteiger partial charge in [0.15, 0.2) is 5.13 Å². The van der Waals surface area contributed by atoms with E-state index in [1.54, 1.807) is 29.3 Å². The van der Waals surface area contributed by atoms with Crippen LogP contribution < -0.4 is 5.32 Å². The molecule has 3 rings (SSSR count). The van der Waals surface area contributed by atoms with E-state index in [4.69, 9.17) is 0 Å². The normalized spacial score (nSPS) is 17.0. The first-order chi connectivity index (χ1) is 10.7. The highest BCUT2D eigenvalue weighted by molar-refractivity contribution is 7.99. The number of fused-ring (bicyclic) bond motifs is 1. The van der Waals surface area contributed by atoms with E-state index in [1.165, 1.54) is 17.0 Å². The van der Waals surface area contributed by atoms with Crippen LogP contribution in [-0.2, 0) is 23.4 Å². The van der Waals surface area contributed by atoms with Crippen LogP contribution in [0.2, 0.25) is 0 Å². The van der Waals surface area contributed by atoms with Gasteiger partial charge >= 0.3 is 0 Å². The van der Waals surface area contributed by atoms with Crippen LogP contribution >= 0.6 is 23.1 Å². The third-order valence-corrected chi connectivity index (χ3v) is 5.64. The molecule has 1 unspecified atom stereocenters. The summed E-state index contributed by atoms with van der Waals surface area (Å²) in [6, 6.07) is 5.83. The van der Waals surface area contributed by atoms with Gasteiger partial charge in [0, 0.05) is 16.8 Å². The molecule has 2 aromatic rings. The zero-order valence-electron chi connectivity index (χ0n) is 12.5. The number of hydrogen-bond acceptors (Lipinski definition) is 5. The number of hydrogen-bond donors (Lipinski definition) is 1. The van der Waals surface area contributed by atoms with Gasteiger partial charge in [-0.1, -0.05) is 13.0 Å². The molecule has 6 heteroatoms. The van der Waals surface area contributed by atoms with Crippen LogP contribution in [0, 0.1) is 5.92 Å². The average molecular weight is 333 g/mol. The lowest BCUT2D eigenvalue weighted by atomic mass is 9.93. The summed E-state index contributed by atoms with van der Waals surface area (Å²) < 4.78 is 0. The van der Waals surface area contributed by atoms with Crippen molar-refractivity contribution in [3.05, 3.63) is 40.7 Å². The fraction of sp³-hybridized carbons (Fsp3) is 0.438. The van der Waals surface area contributed by atoms with Crippen molar-refractivity contribution in [1.82, 2.24) is 9.97 Å². The smallest absolute Gasteiger partial charge is 0.236 e. The summed E-state index contributed by atoms with van der Waals surface area (Å²) in [5, 5.41) is 3.68. The van der Waals surface area contributed by atoms with Crippen molar-refractivity contribution < 1.29 is 4.79 Å². The maximum atomic E-state index is 12.0. The third-order valence-electron chi connectivity index (χ3n) is 3.64. The summed E-state index contributed by atoms with van der Waals surface area (Å²) in [6.07, 6.45) is 5.11. The highest BCUT2D eigenvalue weighted by Gasteiger charge is 2.20. The van der Waals surface area contributed by atoms with Gasteiger partial charge in [0.2, 0.25) is 5.91 Å². The number of rotatable bonds is 5. The number of nitrogens with zero attached hydrogens (tertiary/aromatic N) is 2. The lowest BCUT2D eigenvalue weighted by molar-refractivity contribution is -0.113. The fourth-order valence-corrected chi connectivity index (χ4v) is 4.41. The number of carbonyl (C=O) groups is 1. The Morgan fingerprint density at radius 2 is 2.41 bits per heavy atom. The van der Waals surface area contributed by atoms with E-state index in [2.05, 4.69) is 22.2 Å². The van der Waals surface area contributed by atoms with Gasteiger partial charge in [0.05, 0.1) is 17.1 Å². The molecule has 1 aliphatic carbocycles. The van der Waals surface area contributed by atoms with E-state index >= 15 is 0 Å². The van der Waals surface area contributed by atoms with Crippen LogP contribution in [0.1, 0.15) is 29.6 Å². The average Bonchev–Trinajstić information content (AvgIpc) is 2.89. The molecule has 1 aliphatic rings. The van der Waals surface area contributed by atoms with E-state index in [0.29, 0.717) is 5.75 Å². The van der Waals surface area contributed by atoms with Gasteiger partial charge in [0.25, 0.3) is 0 Å². The predicted molar refractivity (Wildman–Crippen MR) is 92.3 cm³/mol. The minimum Gasteiger partial charge on any atom is -0.301 e. The number of aryl methyl sites for hydroxylation is 1. The first kappa shape index (κ1) is 15.5. The van der Waals surface area contributed by atoms with Crippen molar-refractivity contribution in [2.75, 3.05) is 11.1 Å². The number of aromatic nitrogens is 2. The van der Waals surface area contributed by atoms with Crippen molar-refractivity contribution in [2.24, 2.45) is 5.92 Å². The Morgan fingerprint density at radius 3 is 3.23 bits per heavy atom. The highest BCUT2D eigenvalue weighted by Crippen LogP contribution is 2.32. The molecule has 0 spiro atoms. The first-order valence-corrected chi connectivity index (χ1v) is 9.44. The monoisotopic (exact) mass is 333 g/mol. The standard InChI is InChI=1S/C16H19N3OS2/c1-11-5-6-13-14(8-11)22-16(18-13)19-15(20)10-21-9-12-4-2-3-7-17-12/h2-4,7,11H,5-6,8-10H2,1H3,(H,18,19,20). The number of thioether (sulfide) groups is 1. The van der Waals surface area contributed by atoms with Gasteiger partial charge in [-0.2, -0.15) is 0 Å². The highest BCUT2D eigenvalue weighted by atomic mass is 32.2. The minimum absolute atomic E-state index is 0.0140. The number of pyridine rings is 1. The summed E-state index contributed by atoms with van der Waals surface area (Å²) >= 11 is 3.20. The van der Waals surface area contributed by atoms with Gasteiger partial charge in [-0.05, 0) is 37.3 Å². The SMILES string of the molecule is CC1CCc2nc(NC(=O)CSCc3ccccn3)sc2C1. The molecular weight excluding hydrogens is 314 g/mol. The molecule has 22 heavy (non-hydrogen) atoms. The lowest BCUT2D eigenvalue weighted by Gasteiger charge is -2.15. The Balaban J connectivity index is 1.48. The largest absolute Gasteiger partial charge is 0.301 e. The minimum atomic E-state index is 0.0140. The van der Waals surface area contributed by atoms with Gasteiger partial charge in [-0.15, -0.1) is 23.1 Å². The Labute approximate surface area is 138 Å². The molecule has 0 saturated carbocycles. The predicted octanol–water partition coefficient (Wildman–Crippen LogP) is 3.53. The molecule has 0 fully saturated rings. The Kier molecular flexibility index (Phi) is 5.10. The number of carbonyl (C=O) groups excluding carboxylic acids is 1. The maximum Gasteiger partial charge on any atom is 0.236 e. The van der Waals surface area contributed by atoms with Gasteiger partial charge in [0.1, 0.15) is 0 Å². The van der Waals surface area contributed by atoms with Crippen molar-refractivity contribution in [3.63, 3.8) is 0 Å². The molecule has 1 amide bonds. The van der Waals surface area contributed by atoms with E-state index in [-0.39, 0.29) is 5.91 Å². The second-order valence-corrected chi connectivity index (χ2v) is 7.67. The zero-order chi connectivity index (χ0) is 15.4. The van der Waals surface area contributed by atoms with Crippen molar-refractivity contribution >= 4 is 34.1 Å². The number of anilines is 1. The number of thiazole rings is 1. The molecule has 1 atom stereocenters. The Morgan fingerprint density at radius 1 is 1.50 bits per heavy atom. The topological polar surface area (TPSA) is 54.9 Å². The van der Waals surface area contributed by atoms with E-state index in [0.717, 1.165) is 35.3 Å². The van der Waals surface area contributed by atoms with Crippen molar-refractivity contribution in [1.29, 1.82) is 0 Å². The molecule has 2 aromatic heterocycles. The molecular formula is C16H19N3OS2. The fourth-order valence-electron chi connectivity index (χ4n) is 2.48. The van der Waals surface area contributed by atoms with Crippen molar-refractivity contribution in [2.45, 2.75) is 31.9 Å². The summed E-state index contributed by atoms with van der Waals surface area (Å²) in [4.78, 5) is 22.1. The molecule has 4 nitrogen and oxygen atoms in total. The van der Waals surface area contributed by atoms with Crippen LogP contribution in [0.15, 0.2) is 24.4 Å². The number of nitrogens with one attached hydrogen (secondary N) is 1. The van der Waals surface area contributed by atoms with Gasteiger partial charge in [-0.25, -0.2) is 4.98 Å². The lowest BCUT2D eigenvalue weighted by Crippen LogP contribution is -2.14. The summed E-state index contributed by atoms with van der Waals surface area (Å²) in [5.41, 5.74) is 2.18. The second kappa shape index (κ2) is 7.24. The number of amides is 1. The molecule has 0 aromatic carbocycles. The molecule has 2 heterocycles. The summed E-state index contributed by atoms with van der Waals surface area (Å²) in [5.74, 6) is 1.92. The van der Waals surface area contributed by atoms with Crippen molar-refractivity contribution in [3.8, 4) is 0 Å². The molecule has 0 bridgehead atoms. The van der Waals surface area contributed by atoms with Crippen LogP contribution in [0.5, 0.6) is 0 Å². The van der Waals surface area contributed by atoms with Crippen LogP contribution in [0.4, 0.5) is 5.13 Å². The third kappa shape index (κ3) is 4.08. The zero-order valence-corrected chi connectivity index (χ0v) is 14.2. The van der Waals surface area contributed by atoms with E-state index < -0.39 is 0 Å². The summed E-state index contributed by atoms with van der Waals surface area (Å²) in [6.45, 7) is 2.27. The summed E-state index contributed by atoms with van der Waals surface area (Å²) in [7, 11) is 0. The van der Waals surface area contributed by atoms with Crippen LogP contribution in [0.3, 0.4) is 0 Å². The Bertz CT molecular complexity index is 642. The molecule has 0 radical (unpaired) electrons.